The summed E-state index contributed by atoms with van der Waals surface area (Å²) in [5.74, 6) is 0.917. The van der Waals surface area contributed by atoms with Gasteiger partial charge in [0.15, 0.2) is 0 Å². The van der Waals surface area contributed by atoms with Gasteiger partial charge in [-0.1, -0.05) is 0 Å². The Morgan fingerprint density at radius 2 is 2.15 bits per heavy atom. The lowest BCUT2D eigenvalue weighted by Crippen LogP contribution is -2.50. The topological polar surface area (TPSA) is 75.2 Å². The minimum absolute atomic E-state index is 0.0355. The Labute approximate surface area is 120 Å². The van der Waals surface area contributed by atoms with Gasteiger partial charge in [0.1, 0.15) is 9.84 Å². The van der Waals surface area contributed by atoms with E-state index in [2.05, 4.69) is 20.2 Å². The second-order valence-corrected chi connectivity index (χ2v) is 7.68. The first-order valence-corrected chi connectivity index (χ1v) is 8.96. The van der Waals surface area contributed by atoms with Gasteiger partial charge in [0.2, 0.25) is 5.95 Å². The van der Waals surface area contributed by atoms with E-state index in [-0.39, 0.29) is 17.8 Å². The number of nitrogens with zero attached hydrogens (tertiary/aromatic N) is 3. The number of sulfone groups is 1. The lowest BCUT2D eigenvalue weighted by molar-refractivity contribution is 0.392. The van der Waals surface area contributed by atoms with E-state index in [0.717, 1.165) is 31.9 Å². The van der Waals surface area contributed by atoms with Gasteiger partial charge in [-0.3, -0.25) is 0 Å². The minimum atomic E-state index is -2.94. The fourth-order valence-corrected chi connectivity index (χ4v) is 3.66. The van der Waals surface area contributed by atoms with Gasteiger partial charge in [-0.2, -0.15) is 0 Å². The van der Waals surface area contributed by atoms with Gasteiger partial charge in [0.05, 0.1) is 5.75 Å². The maximum absolute atomic E-state index is 11.3. The summed E-state index contributed by atoms with van der Waals surface area (Å²) in [5, 5.41) is 3.40. The number of hydrogen-bond acceptors (Lipinski definition) is 6. The summed E-state index contributed by atoms with van der Waals surface area (Å²) in [6.07, 6.45) is 6.87. The molecule has 1 aliphatic rings. The first-order chi connectivity index (χ1) is 9.44. The fourth-order valence-electron chi connectivity index (χ4n) is 2.65. The van der Waals surface area contributed by atoms with Crippen LogP contribution in [0.1, 0.15) is 19.8 Å². The Kier molecular flexibility index (Phi) is 4.93. The predicted octanol–water partition coefficient (Wildman–Crippen LogP) is 0.468. The third-order valence-electron chi connectivity index (χ3n) is 3.33. The molecule has 1 saturated heterocycles. The Morgan fingerprint density at radius 1 is 1.45 bits per heavy atom. The highest BCUT2D eigenvalue weighted by Gasteiger charge is 2.23. The predicted molar refractivity (Wildman–Crippen MR) is 79.6 cm³/mol. The van der Waals surface area contributed by atoms with E-state index in [1.807, 2.05) is 6.92 Å². The van der Waals surface area contributed by atoms with Gasteiger partial charge in [-0.15, -0.1) is 0 Å². The summed E-state index contributed by atoms with van der Waals surface area (Å²) < 4.78 is 22.6. The van der Waals surface area contributed by atoms with Gasteiger partial charge in [0, 0.05) is 43.8 Å². The molecule has 2 atom stereocenters. The van der Waals surface area contributed by atoms with Crippen LogP contribution < -0.4 is 10.2 Å². The molecule has 1 N–H and O–H groups in total. The highest BCUT2D eigenvalue weighted by molar-refractivity contribution is 7.90. The number of rotatable bonds is 5. The van der Waals surface area contributed by atoms with Crippen LogP contribution in [0.25, 0.3) is 0 Å². The van der Waals surface area contributed by atoms with Crippen LogP contribution in [0.4, 0.5) is 5.95 Å². The summed E-state index contributed by atoms with van der Waals surface area (Å²) in [6.45, 7) is 3.68. The lowest BCUT2D eigenvalue weighted by atomic mass is 10.1. The monoisotopic (exact) mass is 298 g/mol. The molecule has 1 aromatic rings. The molecule has 112 valence electrons. The Morgan fingerprint density at radius 3 is 2.80 bits per heavy atom. The molecule has 0 bridgehead atoms. The van der Waals surface area contributed by atoms with Gasteiger partial charge >= 0.3 is 0 Å². The van der Waals surface area contributed by atoms with Crippen LogP contribution in [0.15, 0.2) is 18.5 Å². The number of anilines is 1. The van der Waals surface area contributed by atoms with E-state index in [9.17, 15) is 8.42 Å². The minimum Gasteiger partial charge on any atom is -0.339 e. The molecule has 2 rings (SSSR count). The average molecular weight is 298 g/mol. The molecule has 1 aromatic heterocycles. The Balaban J connectivity index is 1.91. The molecular weight excluding hydrogens is 276 g/mol. The molecule has 7 heteroatoms. The van der Waals surface area contributed by atoms with Crippen LogP contribution in [0.5, 0.6) is 0 Å². The molecule has 1 aliphatic heterocycles. The first-order valence-electron chi connectivity index (χ1n) is 6.90. The molecule has 0 aromatic carbocycles. The Bertz CT molecular complexity index is 520. The van der Waals surface area contributed by atoms with Crippen molar-refractivity contribution in [1.29, 1.82) is 0 Å². The van der Waals surface area contributed by atoms with Crippen molar-refractivity contribution >= 4 is 15.8 Å². The van der Waals surface area contributed by atoms with E-state index in [1.54, 1.807) is 18.5 Å². The standard InChI is InChI=1S/C13H22N4O2S/c1-11(10-20(2,18)19)16-12-5-3-8-17(9-12)13-14-6-4-7-15-13/h4,6-7,11-12,16H,3,5,8-10H2,1-2H3. The molecule has 2 heterocycles. The summed E-state index contributed by atoms with van der Waals surface area (Å²) in [5.41, 5.74) is 0. The van der Waals surface area contributed by atoms with Crippen LogP contribution in [0, 0.1) is 0 Å². The van der Waals surface area contributed by atoms with Crippen molar-refractivity contribution in [3.8, 4) is 0 Å². The molecule has 1 fully saturated rings. The SMILES string of the molecule is CC(CS(C)(=O)=O)NC1CCCN(c2ncccn2)C1. The molecule has 0 spiro atoms. The van der Waals surface area contributed by atoms with Gasteiger partial charge < -0.3 is 10.2 Å². The summed E-state index contributed by atoms with van der Waals surface area (Å²) in [6, 6.07) is 2.05. The highest BCUT2D eigenvalue weighted by Crippen LogP contribution is 2.15. The van der Waals surface area contributed by atoms with Crippen LogP contribution >= 0.6 is 0 Å². The van der Waals surface area contributed by atoms with Crippen LogP contribution in [0.3, 0.4) is 0 Å². The molecule has 2 unspecified atom stereocenters. The number of nitrogens with one attached hydrogen (secondary N) is 1. The van der Waals surface area contributed by atoms with Crippen LogP contribution in [-0.4, -0.2) is 55.6 Å². The zero-order valence-corrected chi connectivity index (χ0v) is 12.8. The molecular formula is C13H22N4O2S. The van der Waals surface area contributed by atoms with Crippen molar-refractivity contribution in [2.24, 2.45) is 0 Å². The first kappa shape index (κ1) is 15.2. The summed E-state index contributed by atoms with van der Waals surface area (Å²) >= 11 is 0. The van der Waals surface area contributed by atoms with Crippen molar-refractivity contribution < 1.29 is 8.42 Å². The number of aromatic nitrogens is 2. The zero-order chi connectivity index (χ0) is 14.6. The zero-order valence-electron chi connectivity index (χ0n) is 12.0. The number of piperidine rings is 1. The average Bonchev–Trinajstić information content (AvgIpc) is 2.38. The normalized spacial score (nSPS) is 21.7. The number of hydrogen-bond donors (Lipinski definition) is 1. The quantitative estimate of drug-likeness (QED) is 0.851. The molecule has 0 aliphatic carbocycles. The van der Waals surface area contributed by atoms with Crippen LogP contribution in [0.2, 0.25) is 0 Å². The summed E-state index contributed by atoms with van der Waals surface area (Å²) in [4.78, 5) is 10.7. The highest BCUT2D eigenvalue weighted by atomic mass is 32.2. The molecule has 20 heavy (non-hydrogen) atoms. The Hall–Kier alpha value is -1.21. The van der Waals surface area contributed by atoms with Gasteiger partial charge in [0.25, 0.3) is 0 Å². The molecule has 0 radical (unpaired) electrons. The largest absolute Gasteiger partial charge is 0.339 e. The third kappa shape index (κ3) is 4.72. The van der Waals surface area contributed by atoms with Crippen LogP contribution in [-0.2, 0) is 9.84 Å². The van der Waals surface area contributed by atoms with E-state index < -0.39 is 9.84 Å². The van der Waals surface area contributed by atoms with Crippen molar-refractivity contribution in [2.45, 2.75) is 31.8 Å². The molecule has 6 nitrogen and oxygen atoms in total. The van der Waals surface area contributed by atoms with E-state index in [1.165, 1.54) is 6.26 Å². The van der Waals surface area contributed by atoms with Crippen molar-refractivity contribution in [3.63, 3.8) is 0 Å². The van der Waals surface area contributed by atoms with E-state index in [0.29, 0.717) is 0 Å². The molecule has 0 amide bonds. The van der Waals surface area contributed by atoms with Gasteiger partial charge in [-0.05, 0) is 25.8 Å². The van der Waals surface area contributed by atoms with E-state index >= 15 is 0 Å². The van der Waals surface area contributed by atoms with Gasteiger partial charge in [-0.25, -0.2) is 18.4 Å². The van der Waals surface area contributed by atoms with Crippen molar-refractivity contribution in [2.75, 3.05) is 30.0 Å². The van der Waals surface area contributed by atoms with Crippen molar-refractivity contribution in [1.82, 2.24) is 15.3 Å². The second kappa shape index (κ2) is 6.49. The lowest BCUT2D eigenvalue weighted by Gasteiger charge is -2.34. The van der Waals surface area contributed by atoms with Crippen molar-refractivity contribution in [3.05, 3.63) is 18.5 Å². The fraction of sp³-hybridized carbons (Fsp3) is 0.692. The smallest absolute Gasteiger partial charge is 0.225 e. The maximum Gasteiger partial charge on any atom is 0.225 e. The van der Waals surface area contributed by atoms with E-state index in [4.69, 9.17) is 0 Å². The maximum atomic E-state index is 11.3. The second-order valence-electron chi connectivity index (χ2n) is 5.49. The summed E-state index contributed by atoms with van der Waals surface area (Å²) in [7, 11) is -2.94. The third-order valence-corrected chi connectivity index (χ3v) is 4.43. The molecule has 0 saturated carbocycles.